The summed E-state index contributed by atoms with van der Waals surface area (Å²) < 4.78 is 4.96. The average molecular weight is 218 g/mol. The molecule has 0 spiro atoms. The van der Waals surface area contributed by atoms with Gasteiger partial charge in [-0.15, -0.1) is 0 Å². The van der Waals surface area contributed by atoms with E-state index < -0.39 is 0 Å². The molecule has 0 aliphatic rings. The number of hydroxylamine groups is 2. The molecule has 1 amide bonds. The average Bonchev–Trinajstić information content (AvgIpc) is 2.24. The highest BCUT2D eigenvalue weighted by atomic mass is 16.7. The highest BCUT2D eigenvalue weighted by molar-refractivity contribution is 5.74. The van der Waals surface area contributed by atoms with Crippen molar-refractivity contribution in [3.63, 3.8) is 0 Å². The number of carbonyl (C=O) groups excluding carboxylic acids is 1. The first-order chi connectivity index (χ1) is 7.11. The predicted octanol–water partition coefficient (Wildman–Crippen LogP) is 0.365. The second-order valence-electron chi connectivity index (χ2n) is 3.47. The van der Waals surface area contributed by atoms with Crippen LogP contribution in [0, 0.1) is 0 Å². The normalized spacial score (nSPS) is 10.7. The van der Waals surface area contributed by atoms with Crippen molar-refractivity contribution in [3.05, 3.63) is 0 Å². The fraction of sp³-hybridized carbons (Fsp3) is 0.900. The molecule has 5 nitrogen and oxygen atoms in total. The number of hydrogen-bond donors (Lipinski definition) is 0. The van der Waals surface area contributed by atoms with Crippen molar-refractivity contribution in [2.24, 2.45) is 0 Å². The SMILES string of the molecule is COCCN(C)CCCC(=O)N(C)OC. The zero-order valence-electron chi connectivity index (χ0n) is 10.2. The zero-order valence-corrected chi connectivity index (χ0v) is 10.2. The Bertz CT molecular complexity index is 176. The molecule has 0 atom stereocenters. The number of rotatable bonds is 8. The Kier molecular flexibility index (Phi) is 8.27. The van der Waals surface area contributed by atoms with Crippen LogP contribution in [0.4, 0.5) is 0 Å². The largest absolute Gasteiger partial charge is 0.383 e. The molecule has 0 aliphatic heterocycles. The van der Waals surface area contributed by atoms with Gasteiger partial charge in [0.15, 0.2) is 0 Å². The van der Waals surface area contributed by atoms with Gasteiger partial charge >= 0.3 is 0 Å². The maximum Gasteiger partial charge on any atom is 0.245 e. The molecule has 15 heavy (non-hydrogen) atoms. The van der Waals surface area contributed by atoms with E-state index in [4.69, 9.17) is 9.57 Å². The summed E-state index contributed by atoms with van der Waals surface area (Å²) in [4.78, 5) is 18.3. The first kappa shape index (κ1) is 14.3. The monoisotopic (exact) mass is 218 g/mol. The highest BCUT2D eigenvalue weighted by Crippen LogP contribution is 1.97. The lowest BCUT2D eigenvalue weighted by atomic mass is 10.3. The maximum atomic E-state index is 11.3. The van der Waals surface area contributed by atoms with Crippen LogP contribution in [0.3, 0.4) is 0 Å². The quantitative estimate of drug-likeness (QED) is 0.552. The molecule has 5 heteroatoms. The van der Waals surface area contributed by atoms with Crippen molar-refractivity contribution in [2.75, 3.05) is 48.0 Å². The Labute approximate surface area is 91.9 Å². The van der Waals surface area contributed by atoms with E-state index in [1.165, 1.54) is 12.2 Å². The molecule has 0 heterocycles. The Hall–Kier alpha value is -0.650. The minimum Gasteiger partial charge on any atom is -0.383 e. The lowest BCUT2D eigenvalue weighted by Crippen LogP contribution is -2.28. The van der Waals surface area contributed by atoms with Crippen molar-refractivity contribution >= 4 is 5.91 Å². The third kappa shape index (κ3) is 7.30. The molecule has 0 fully saturated rings. The van der Waals surface area contributed by atoms with Gasteiger partial charge in [-0.25, -0.2) is 5.06 Å². The van der Waals surface area contributed by atoms with E-state index in [2.05, 4.69) is 4.90 Å². The molecule has 0 radical (unpaired) electrons. The molecule has 0 unspecified atom stereocenters. The van der Waals surface area contributed by atoms with Crippen LogP contribution in [-0.4, -0.2) is 63.9 Å². The number of ether oxygens (including phenoxy) is 1. The van der Waals surface area contributed by atoms with Gasteiger partial charge in [-0.2, -0.15) is 0 Å². The number of likely N-dealkylation sites (N-methyl/N-ethyl adjacent to an activating group) is 1. The lowest BCUT2D eigenvalue weighted by molar-refractivity contribution is -0.168. The molecule has 0 aromatic heterocycles. The van der Waals surface area contributed by atoms with Gasteiger partial charge in [-0.1, -0.05) is 0 Å². The third-order valence-corrected chi connectivity index (χ3v) is 2.23. The van der Waals surface area contributed by atoms with Crippen molar-refractivity contribution in [1.29, 1.82) is 0 Å². The van der Waals surface area contributed by atoms with Gasteiger partial charge in [0, 0.05) is 27.1 Å². The fourth-order valence-corrected chi connectivity index (χ4v) is 1.12. The lowest BCUT2D eigenvalue weighted by Gasteiger charge is -2.17. The Balaban J connectivity index is 3.48. The van der Waals surface area contributed by atoms with E-state index >= 15 is 0 Å². The number of amides is 1. The molecule has 0 N–H and O–H groups in total. The Morgan fingerprint density at radius 1 is 1.20 bits per heavy atom. The van der Waals surface area contributed by atoms with E-state index in [-0.39, 0.29) is 5.91 Å². The zero-order chi connectivity index (χ0) is 11.7. The van der Waals surface area contributed by atoms with Crippen molar-refractivity contribution in [2.45, 2.75) is 12.8 Å². The van der Waals surface area contributed by atoms with Gasteiger partial charge < -0.3 is 9.64 Å². The molecule has 0 aromatic rings. The molecular weight excluding hydrogens is 196 g/mol. The number of nitrogens with zero attached hydrogens (tertiary/aromatic N) is 2. The van der Waals surface area contributed by atoms with E-state index in [1.807, 2.05) is 7.05 Å². The van der Waals surface area contributed by atoms with Gasteiger partial charge in [0.05, 0.1) is 13.7 Å². The van der Waals surface area contributed by atoms with Crippen LogP contribution in [-0.2, 0) is 14.4 Å². The summed E-state index contributed by atoms with van der Waals surface area (Å²) in [6, 6.07) is 0. The molecule has 90 valence electrons. The highest BCUT2D eigenvalue weighted by Gasteiger charge is 2.07. The molecule has 0 aromatic carbocycles. The van der Waals surface area contributed by atoms with Crippen LogP contribution in [0.1, 0.15) is 12.8 Å². The fourth-order valence-electron chi connectivity index (χ4n) is 1.12. The standard InChI is InChI=1S/C10H22N2O3/c1-11(8-9-14-3)7-5-6-10(13)12(2)15-4/h5-9H2,1-4H3. The molecule has 0 saturated carbocycles. The molecule has 0 aliphatic carbocycles. The summed E-state index contributed by atoms with van der Waals surface area (Å²) in [6.07, 6.45) is 1.36. The van der Waals surface area contributed by atoms with Gasteiger partial charge in [0.2, 0.25) is 5.91 Å². The second kappa shape index (κ2) is 8.64. The smallest absolute Gasteiger partial charge is 0.245 e. The third-order valence-electron chi connectivity index (χ3n) is 2.23. The summed E-state index contributed by atoms with van der Waals surface area (Å²) in [7, 11) is 6.81. The van der Waals surface area contributed by atoms with Crippen molar-refractivity contribution in [1.82, 2.24) is 9.96 Å². The topological polar surface area (TPSA) is 42.0 Å². The van der Waals surface area contributed by atoms with Gasteiger partial charge in [0.25, 0.3) is 0 Å². The van der Waals surface area contributed by atoms with Crippen LogP contribution in [0.25, 0.3) is 0 Å². The summed E-state index contributed by atoms with van der Waals surface area (Å²) >= 11 is 0. The van der Waals surface area contributed by atoms with Crippen LogP contribution >= 0.6 is 0 Å². The van der Waals surface area contributed by atoms with Crippen LogP contribution in [0.5, 0.6) is 0 Å². The van der Waals surface area contributed by atoms with Crippen molar-refractivity contribution in [3.8, 4) is 0 Å². The summed E-state index contributed by atoms with van der Waals surface area (Å²) in [5.41, 5.74) is 0. The Morgan fingerprint density at radius 2 is 1.87 bits per heavy atom. The molecule has 0 rings (SSSR count). The summed E-state index contributed by atoms with van der Waals surface area (Å²) in [5.74, 6) is 0.0117. The molecule has 0 bridgehead atoms. The van der Waals surface area contributed by atoms with Crippen LogP contribution < -0.4 is 0 Å². The van der Waals surface area contributed by atoms with E-state index in [1.54, 1.807) is 14.2 Å². The second-order valence-corrected chi connectivity index (χ2v) is 3.47. The van der Waals surface area contributed by atoms with Crippen LogP contribution in [0.15, 0.2) is 0 Å². The Morgan fingerprint density at radius 3 is 2.40 bits per heavy atom. The minimum atomic E-state index is 0.0117. The van der Waals surface area contributed by atoms with E-state index in [0.29, 0.717) is 6.42 Å². The van der Waals surface area contributed by atoms with Gasteiger partial charge in [-0.05, 0) is 20.0 Å². The molecule has 0 saturated heterocycles. The first-order valence-corrected chi connectivity index (χ1v) is 5.10. The van der Waals surface area contributed by atoms with Gasteiger partial charge in [0.1, 0.15) is 0 Å². The maximum absolute atomic E-state index is 11.3. The van der Waals surface area contributed by atoms with Crippen molar-refractivity contribution < 1.29 is 14.4 Å². The minimum absolute atomic E-state index is 0.0117. The molecular formula is C10H22N2O3. The first-order valence-electron chi connectivity index (χ1n) is 5.10. The van der Waals surface area contributed by atoms with E-state index in [9.17, 15) is 4.79 Å². The van der Waals surface area contributed by atoms with E-state index in [0.717, 1.165) is 26.1 Å². The number of carbonyl (C=O) groups is 1. The van der Waals surface area contributed by atoms with Gasteiger partial charge in [-0.3, -0.25) is 9.63 Å². The summed E-state index contributed by atoms with van der Waals surface area (Å²) in [6.45, 7) is 2.51. The predicted molar refractivity (Wildman–Crippen MR) is 58.4 cm³/mol. The number of hydrogen-bond acceptors (Lipinski definition) is 4. The summed E-state index contributed by atoms with van der Waals surface area (Å²) in [5, 5.41) is 1.26. The van der Waals surface area contributed by atoms with Crippen LogP contribution in [0.2, 0.25) is 0 Å². The number of methoxy groups -OCH3 is 1.